The van der Waals surface area contributed by atoms with Gasteiger partial charge in [-0.3, -0.25) is 0 Å². The van der Waals surface area contributed by atoms with Gasteiger partial charge in [-0.2, -0.15) is 0 Å². The zero-order chi connectivity index (χ0) is 21.1. The van der Waals surface area contributed by atoms with Crippen LogP contribution in [0.4, 0.5) is 10.6 Å². The number of amides is 1. The first-order valence-electron chi connectivity index (χ1n) is 10.2. The number of aromatic nitrogens is 2. The topological polar surface area (TPSA) is 69.6 Å². The molecule has 1 amide bonds. The number of pyridine rings is 1. The Morgan fingerprint density at radius 3 is 2.83 bits per heavy atom. The third-order valence-corrected chi connectivity index (χ3v) is 6.79. The number of nitrogens with zero attached hydrogens (tertiary/aromatic N) is 4. The Morgan fingerprint density at radius 2 is 2.13 bits per heavy atom. The van der Waals surface area contributed by atoms with E-state index < -0.39 is 6.09 Å². The van der Waals surface area contributed by atoms with Gasteiger partial charge in [0, 0.05) is 35.4 Å². The third kappa shape index (κ3) is 4.84. The fraction of sp³-hybridized carbons (Fsp3) is 0.409. The quantitative estimate of drug-likeness (QED) is 0.552. The molecule has 1 fully saturated rings. The number of halogens is 1. The monoisotopic (exact) mass is 444 g/mol. The molecule has 0 radical (unpaired) electrons. The maximum Gasteiger partial charge on any atom is 0.407 e. The Bertz CT molecular complexity index is 1010. The van der Waals surface area contributed by atoms with Crippen LogP contribution in [0.25, 0.3) is 10.9 Å². The Hall–Kier alpha value is -2.38. The van der Waals surface area contributed by atoms with Gasteiger partial charge in [-0.1, -0.05) is 18.5 Å². The number of benzene rings is 1. The van der Waals surface area contributed by atoms with Gasteiger partial charge in [0.2, 0.25) is 0 Å². The summed E-state index contributed by atoms with van der Waals surface area (Å²) in [7, 11) is 0. The molecule has 0 spiro atoms. The first kappa shape index (κ1) is 20.9. The average molecular weight is 445 g/mol. The normalized spacial score (nSPS) is 16.0. The highest BCUT2D eigenvalue weighted by molar-refractivity contribution is 7.07. The fourth-order valence-corrected chi connectivity index (χ4v) is 4.91. The Morgan fingerprint density at radius 1 is 1.33 bits per heavy atom. The Kier molecular flexibility index (Phi) is 6.39. The lowest BCUT2D eigenvalue weighted by atomic mass is 9.85. The van der Waals surface area contributed by atoms with Gasteiger partial charge in [0.1, 0.15) is 5.82 Å². The zero-order valence-corrected chi connectivity index (χ0v) is 18.4. The maximum absolute atomic E-state index is 11.7. The van der Waals surface area contributed by atoms with Crippen LogP contribution in [0.2, 0.25) is 5.02 Å². The molecule has 2 aromatic heterocycles. The molecule has 0 bridgehead atoms. The molecule has 1 unspecified atom stereocenters. The SMILES string of the molecule is CC(CN(Cc1cscn1)C(=O)O)C1CCN(c2ccc3cc(Cl)ccc3n2)CC1. The van der Waals surface area contributed by atoms with Gasteiger partial charge in [-0.25, -0.2) is 14.8 Å². The van der Waals surface area contributed by atoms with E-state index in [9.17, 15) is 9.90 Å². The van der Waals surface area contributed by atoms with Crippen molar-refractivity contribution in [3.05, 3.63) is 51.9 Å². The van der Waals surface area contributed by atoms with E-state index in [4.69, 9.17) is 16.6 Å². The lowest BCUT2D eigenvalue weighted by Gasteiger charge is -2.36. The second-order valence-electron chi connectivity index (χ2n) is 7.95. The molecular weight excluding hydrogens is 420 g/mol. The minimum Gasteiger partial charge on any atom is -0.465 e. The van der Waals surface area contributed by atoms with Crippen LogP contribution in [0.15, 0.2) is 41.2 Å². The second-order valence-corrected chi connectivity index (χ2v) is 9.11. The molecule has 158 valence electrons. The summed E-state index contributed by atoms with van der Waals surface area (Å²) in [4.78, 5) is 24.5. The van der Waals surface area contributed by atoms with Crippen molar-refractivity contribution in [2.75, 3.05) is 24.5 Å². The summed E-state index contributed by atoms with van der Waals surface area (Å²) in [5, 5.41) is 13.3. The van der Waals surface area contributed by atoms with Crippen molar-refractivity contribution in [2.45, 2.75) is 26.3 Å². The molecule has 6 nitrogen and oxygen atoms in total. The number of piperidine rings is 1. The van der Waals surface area contributed by atoms with Gasteiger partial charge in [0.15, 0.2) is 0 Å². The largest absolute Gasteiger partial charge is 0.465 e. The summed E-state index contributed by atoms with van der Waals surface area (Å²) in [6, 6.07) is 9.89. The van der Waals surface area contributed by atoms with Gasteiger partial charge in [0.25, 0.3) is 0 Å². The van der Waals surface area contributed by atoms with E-state index in [1.165, 1.54) is 16.2 Å². The number of hydrogen-bond acceptors (Lipinski definition) is 5. The second kappa shape index (κ2) is 9.18. The fourth-order valence-electron chi connectivity index (χ4n) is 4.18. The molecule has 1 saturated heterocycles. The van der Waals surface area contributed by atoms with Gasteiger partial charge in [0.05, 0.1) is 23.3 Å². The van der Waals surface area contributed by atoms with E-state index in [1.54, 1.807) is 5.51 Å². The zero-order valence-electron chi connectivity index (χ0n) is 16.9. The molecule has 1 aliphatic heterocycles. The number of thiazole rings is 1. The van der Waals surface area contributed by atoms with Crippen molar-refractivity contribution in [1.29, 1.82) is 0 Å². The molecule has 1 N–H and O–H groups in total. The Labute approximate surface area is 185 Å². The molecule has 0 aliphatic carbocycles. The highest BCUT2D eigenvalue weighted by Crippen LogP contribution is 2.29. The van der Waals surface area contributed by atoms with E-state index in [0.717, 1.165) is 53.4 Å². The summed E-state index contributed by atoms with van der Waals surface area (Å²) in [5.41, 5.74) is 3.50. The summed E-state index contributed by atoms with van der Waals surface area (Å²) in [6.07, 6.45) is 1.19. The van der Waals surface area contributed by atoms with Crippen LogP contribution in [-0.2, 0) is 6.54 Å². The number of anilines is 1. The summed E-state index contributed by atoms with van der Waals surface area (Å²) in [6.45, 7) is 4.91. The van der Waals surface area contributed by atoms with E-state index >= 15 is 0 Å². The number of fused-ring (bicyclic) bond motifs is 1. The molecule has 30 heavy (non-hydrogen) atoms. The van der Waals surface area contributed by atoms with Gasteiger partial charge >= 0.3 is 6.09 Å². The smallest absolute Gasteiger partial charge is 0.407 e. The van der Waals surface area contributed by atoms with Crippen molar-refractivity contribution >= 4 is 45.8 Å². The summed E-state index contributed by atoms with van der Waals surface area (Å²) >= 11 is 7.56. The first-order valence-corrected chi connectivity index (χ1v) is 11.5. The highest BCUT2D eigenvalue weighted by atomic mass is 35.5. The number of hydrogen-bond donors (Lipinski definition) is 1. The molecular formula is C22H25ClN4O2S. The van der Waals surface area contributed by atoms with Crippen LogP contribution >= 0.6 is 22.9 Å². The molecule has 3 heterocycles. The van der Waals surface area contributed by atoms with Crippen LogP contribution < -0.4 is 4.90 Å². The van der Waals surface area contributed by atoms with Gasteiger partial charge in [-0.05, 0) is 55.0 Å². The lowest BCUT2D eigenvalue weighted by Crippen LogP contribution is -2.40. The van der Waals surface area contributed by atoms with Crippen LogP contribution in [0.5, 0.6) is 0 Å². The highest BCUT2D eigenvalue weighted by Gasteiger charge is 2.27. The summed E-state index contributed by atoms with van der Waals surface area (Å²) < 4.78 is 0. The minimum absolute atomic E-state index is 0.300. The molecule has 3 aromatic rings. The van der Waals surface area contributed by atoms with Crippen molar-refractivity contribution < 1.29 is 9.90 Å². The predicted octanol–water partition coefficient (Wildman–Crippen LogP) is 5.38. The van der Waals surface area contributed by atoms with E-state index in [0.29, 0.717) is 24.9 Å². The van der Waals surface area contributed by atoms with Crippen LogP contribution in [0.3, 0.4) is 0 Å². The standard InChI is InChI=1S/C22H25ClN4O2S/c1-15(11-27(22(28)29)12-19-13-30-14-24-19)16-6-8-26(9-7-16)21-5-2-17-10-18(23)3-4-20(17)25-21/h2-5,10,13-16H,6-9,11-12H2,1H3,(H,28,29). The molecule has 1 atom stereocenters. The number of carboxylic acid groups (broad SMARTS) is 1. The van der Waals surface area contributed by atoms with Crippen LogP contribution in [0, 0.1) is 11.8 Å². The first-order chi connectivity index (χ1) is 14.5. The molecule has 0 saturated carbocycles. The molecule has 1 aliphatic rings. The lowest BCUT2D eigenvalue weighted by molar-refractivity contribution is 0.123. The maximum atomic E-state index is 11.7. The van der Waals surface area contributed by atoms with E-state index in [2.05, 4.69) is 28.9 Å². The van der Waals surface area contributed by atoms with Crippen molar-refractivity contribution in [3.8, 4) is 0 Å². The van der Waals surface area contributed by atoms with Crippen molar-refractivity contribution in [1.82, 2.24) is 14.9 Å². The number of carbonyl (C=O) groups is 1. The molecule has 4 rings (SSSR count). The van der Waals surface area contributed by atoms with Crippen LogP contribution in [0.1, 0.15) is 25.5 Å². The van der Waals surface area contributed by atoms with Gasteiger partial charge < -0.3 is 14.9 Å². The Balaban J connectivity index is 1.35. The van der Waals surface area contributed by atoms with Crippen molar-refractivity contribution in [3.63, 3.8) is 0 Å². The van der Waals surface area contributed by atoms with Gasteiger partial charge in [-0.15, -0.1) is 11.3 Å². The average Bonchev–Trinajstić information content (AvgIpc) is 3.26. The molecule has 8 heteroatoms. The van der Waals surface area contributed by atoms with Crippen LogP contribution in [-0.4, -0.2) is 45.7 Å². The minimum atomic E-state index is -0.882. The van der Waals surface area contributed by atoms with E-state index in [-0.39, 0.29) is 0 Å². The third-order valence-electron chi connectivity index (χ3n) is 5.92. The van der Waals surface area contributed by atoms with E-state index in [1.807, 2.05) is 23.6 Å². The predicted molar refractivity (Wildman–Crippen MR) is 121 cm³/mol. The van der Waals surface area contributed by atoms with Crippen molar-refractivity contribution in [2.24, 2.45) is 11.8 Å². The molecule has 1 aromatic carbocycles. The number of rotatable bonds is 6. The summed E-state index contributed by atoms with van der Waals surface area (Å²) in [5.74, 6) is 1.79.